The maximum atomic E-state index is 5.76. The van der Waals surface area contributed by atoms with E-state index in [2.05, 4.69) is 74.5 Å². The Hall–Kier alpha value is -0.200. The fourth-order valence-corrected chi connectivity index (χ4v) is 5.03. The Kier molecular flexibility index (Phi) is 5.59. The molecule has 1 heterocycles. The van der Waals surface area contributed by atoms with Crippen molar-refractivity contribution in [1.29, 1.82) is 0 Å². The van der Waals surface area contributed by atoms with Crippen molar-refractivity contribution >= 4 is 43.2 Å². The number of rotatable bonds is 5. The molecule has 0 amide bonds. The molecule has 1 unspecified atom stereocenters. The molecule has 1 atom stereocenters. The summed E-state index contributed by atoms with van der Waals surface area (Å²) < 4.78 is 2.20. The van der Waals surface area contributed by atoms with Crippen LogP contribution in [-0.2, 0) is 6.42 Å². The maximum Gasteiger partial charge on any atom is 0.0762 e. The quantitative estimate of drug-likeness (QED) is 0.556. The Morgan fingerprint density at radius 1 is 1.32 bits per heavy atom. The highest BCUT2D eigenvalue weighted by Gasteiger charge is 2.18. The van der Waals surface area contributed by atoms with Gasteiger partial charge in [0.1, 0.15) is 0 Å². The number of thiophene rings is 1. The highest BCUT2D eigenvalue weighted by molar-refractivity contribution is 9.12. The number of hydrogen-bond donors (Lipinski definition) is 2. The Morgan fingerprint density at radius 3 is 2.68 bits per heavy atom. The van der Waals surface area contributed by atoms with Gasteiger partial charge in [-0.2, -0.15) is 0 Å². The second-order valence-corrected chi connectivity index (χ2v) is 8.12. The van der Waals surface area contributed by atoms with Gasteiger partial charge >= 0.3 is 0 Å². The summed E-state index contributed by atoms with van der Waals surface area (Å²) in [6.45, 7) is 2.19. The summed E-state index contributed by atoms with van der Waals surface area (Å²) in [7, 11) is 0. The molecule has 0 bridgehead atoms. The minimum atomic E-state index is 0.00808. The summed E-state index contributed by atoms with van der Waals surface area (Å²) >= 11 is 8.77. The van der Waals surface area contributed by atoms with E-state index < -0.39 is 0 Å². The van der Waals surface area contributed by atoms with Gasteiger partial charge in [-0.15, -0.1) is 11.3 Å². The van der Waals surface area contributed by atoms with E-state index >= 15 is 0 Å². The van der Waals surface area contributed by atoms with Gasteiger partial charge in [0, 0.05) is 5.56 Å². The van der Waals surface area contributed by atoms with E-state index in [1.54, 1.807) is 11.3 Å². The summed E-state index contributed by atoms with van der Waals surface area (Å²) in [6, 6.07) is 10.7. The van der Waals surface area contributed by atoms with Crippen molar-refractivity contribution in [2.24, 2.45) is 5.84 Å². The number of benzene rings is 1. The number of hydrazine groups is 1. The van der Waals surface area contributed by atoms with Crippen LogP contribution in [0.3, 0.4) is 0 Å². The van der Waals surface area contributed by atoms with Gasteiger partial charge in [0.05, 0.1) is 13.6 Å². The molecule has 0 fully saturated rings. The molecule has 19 heavy (non-hydrogen) atoms. The molecule has 0 aliphatic carbocycles. The van der Waals surface area contributed by atoms with Crippen LogP contribution in [0.25, 0.3) is 0 Å². The fraction of sp³-hybridized carbons (Fsp3) is 0.286. The topological polar surface area (TPSA) is 38.0 Å². The molecule has 2 rings (SSSR count). The normalized spacial score (nSPS) is 12.6. The van der Waals surface area contributed by atoms with Crippen molar-refractivity contribution in [2.45, 2.75) is 25.8 Å². The van der Waals surface area contributed by atoms with E-state index in [4.69, 9.17) is 5.84 Å². The first kappa shape index (κ1) is 15.2. The van der Waals surface area contributed by atoms with Gasteiger partial charge in [0.2, 0.25) is 0 Å². The predicted molar refractivity (Wildman–Crippen MR) is 89.3 cm³/mol. The van der Waals surface area contributed by atoms with Gasteiger partial charge in [-0.05, 0) is 55.5 Å². The SMILES string of the molecule is CCCc1cccc(C(NN)c2cc(Br)sc2Br)c1. The zero-order valence-corrected chi connectivity index (χ0v) is 14.6. The van der Waals surface area contributed by atoms with Gasteiger partial charge in [0.25, 0.3) is 0 Å². The van der Waals surface area contributed by atoms with Crippen LogP contribution in [0.15, 0.2) is 37.9 Å². The monoisotopic (exact) mass is 402 g/mol. The Bertz CT molecular complexity index is 554. The lowest BCUT2D eigenvalue weighted by atomic mass is 9.98. The highest BCUT2D eigenvalue weighted by atomic mass is 79.9. The first-order valence-corrected chi connectivity index (χ1v) is 8.55. The zero-order chi connectivity index (χ0) is 13.8. The van der Waals surface area contributed by atoms with Crippen LogP contribution in [0.4, 0.5) is 0 Å². The van der Waals surface area contributed by atoms with Crippen molar-refractivity contribution in [3.8, 4) is 0 Å². The maximum absolute atomic E-state index is 5.76. The van der Waals surface area contributed by atoms with Crippen molar-refractivity contribution in [3.05, 3.63) is 54.6 Å². The average molecular weight is 404 g/mol. The van der Waals surface area contributed by atoms with E-state index in [1.807, 2.05) is 0 Å². The van der Waals surface area contributed by atoms with Crippen LogP contribution in [0, 0.1) is 0 Å². The van der Waals surface area contributed by atoms with Gasteiger partial charge in [-0.1, -0.05) is 37.6 Å². The van der Waals surface area contributed by atoms with Crippen LogP contribution in [0.2, 0.25) is 0 Å². The molecule has 0 radical (unpaired) electrons. The predicted octanol–water partition coefficient (Wildman–Crippen LogP) is 4.78. The molecular weight excluding hydrogens is 388 g/mol. The van der Waals surface area contributed by atoms with Crippen LogP contribution < -0.4 is 11.3 Å². The number of hydrogen-bond acceptors (Lipinski definition) is 3. The van der Waals surface area contributed by atoms with E-state index in [-0.39, 0.29) is 6.04 Å². The lowest BCUT2D eigenvalue weighted by Crippen LogP contribution is -2.28. The Balaban J connectivity index is 2.36. The molecule has 5 heteroatoms. The molecule has 2 nitrogen and oxygen atoms in total. The van der Waals surface area contributed by atoms with Crippen molar-refractivity contribution < 1.29 is 0 Å². The summed E-state index contributed by atoms with van der Waals surface area (Å²) in [4.78, 5) is 0. The molecule has 0 saturated heterocycles. The molecule has 102 valence electrons. The molecule has 0 saturated carbocycles. The molecule has 3 N–H and O–H groups in total. The lowest BCUT2D eigenvalue weighted by molar-refractivity contribution is 0.636. The van der Waals surface area contributed by atoms with Crippen LogP contribution in [-0.4, -0.2) is 0 Å². The van der Waals surface area contributed by atoms with E-state index in [9.17, 15) is 0 Å². The largest absolute Gasteiger partial charge is 0.271 e. The van der Waals surface area contributed by atoms with Gasteiger partial charge < -0.3 is 0 Å². The van der Waals surface area contributed by atoms with E-state index in [0.717, 1.165) is 26.0 Å². The Labute approximate surface area is 134 Å². The molecule has 1 aromatic heterocycles. The van der Waals surface area contributed by atoms with Crippen molar-refractivity contribution in [2.75, 3.05) is 0 Å². The molecule has 1 aromatic carbocycles. The highest BCUT2D eigenvalue weighted by Crippen LogP contribution is 2.37. The van der Waals surface area contributed by atoms with Crippen LogP contribution >= 0.6 is 43.2 Å². The summed E-state index contributed by atoms with van der Waals surface area (Å²) in [6.07, 6.45) is 2.25. The van der Waals surface area contributed by atoms with Crippen LogP contribution in [0.5, 0.6) is 0 Å². The second kappa shape index (κ2) is 6.99. The third kappa shape index (κ3) is 3.67. The minimum absolute atomic E-state index is 0.00808. The minimum Gasteiger partial charge on any atom is -0.271 e. The summed E-state index contributed by atoms with van der Waals surface area (Å²) in [5.74, 6) is 5.76. The first-order valence-electron chi connectivity index (χ1n) is 6.15. The standard InChI is InChI=1S/C14H16Br2N2S/c1-2-4-9-5-3-6-10(7-9)13(18-17)11-8-12(15)19-14(11)16/h3,5-8,13,18H,2,4,17H2,1H3. The molecule has 0 spiro atoms. The van der Waals surface area contributed by atoms with E-state index in [0.29, 0.717) is 0 Å². The number of nitrogens with two attached hydrogens (primary N) is 1. The molecule has 0 aliphatic rings. The van der Waals surface area contributed by atoms with Crippen LogP contribution in [0.1, 0.15) is 36.1 Å². The van der Waals surface area contributed by atoms with Crippen molar-refractivity contribution in [3.63, 3.8) is 0 Å². The third-order valence-electron chi connectivity index (χ3n) is 2.98. The molecule has 0 aliphatic heterocycles. The fourth-order valence-electron chi connectivity index (χ4n) is 2.13. The Morgan fingerprint density at radius 2 is 2.11 bits per heavy atom. The summed E-state index contributed by atoms with van der Waals surface area (Å²) in [5.41, 5.74) is 6.62. The average Bonchev–Trinajstić information content (AvgIpc) is 2.71. The zero-order valence-electron chi connectivity index (χ0n) is 10.6. The molecular formula is C14H16Br2N2S. The number of halogens is 2. The van der Waals surface area contributed by atoms with Gasteiger partial charge in [0.15, 0.2) is 0 Å². The van der Waals surface area contributed by atoms with Crippen molar-refractivity contribution in [1.82, 2.24) is 5.43 Å². The first-order chi connectivity index (χ1) is 9.15. The lowest BCUT2D eigenvalue weighted by Gasteiger charge is -2.17. The third-order valence-corrected chi connectivity index (χ3v) is 5.37. The smallest absolute Gasteiger partial charge is 0.0762 e. The van der Waals surface area contributed by atoms with Gasteiger partial charge in [-0.25, -0.2) is 5.43 Å². The van der Waals surface area contributed by atoms with E-state index in [1.165, 1.54) is 11.1 Å². The number of nitrogens with one attached hydrogen (secondary N) is 1. The molecule has 2 aromatic rings. The second-order valence-electron chi connectivity index (χ2n) is 4.37. The summed E-state index contributed by atoms with van der Waals surface area (Å²) in [5, 5.41) is 0. The number of aryl methyl sites for hydroxylation is 1. The van der Waals surface area contributed by atoms with Gasteiger partial charge in [-0.3, -0.25) is 5.84 Å².